The normalized spacial score (nSPS) is 10.2. The van der Waals surface area contributed by atoms with Crippen LogP contribution in [0.1, 0.15) is 9.67 Å². The molecular weight excluding hydrogens is 324 g/mol. The molecule has 0 saturated heterocycles. The number of benzene rings is 1. The molecule has 0 saturated carbocycles. The van der Waals surface area contributed by atoms with Gasteiger partial charge in [-0.1, -0.05) is 22.9 Å². The Morgan fingerprint density at radius 3 is 2.76 bits per heavy atom. The van der Waals surface area contributed by atoms with Crippen LogP contribution in [0.4, 0.5) is 5.69 Å². The summed E-state index contributed by atoms with van der Waals surface area (Å²) in [5, 5.41) is 19.5. The van der Waals surface area contributed by atoms with Gasteiger partial charge >= 0.3 is 11.7 Å². The van der Waals surface area contributed by atoms with Gasteiger partial charge in [0, 0.05) is 0 Å². The smallest absolute Gasteiger partial charge is 0.349 e. The number of nitrogens with zero attached hydrogens (tertiary/aromatic N) is 2. The fourth-order valence-corrected chi connectivity index (χ4v) is 2.39. The predicted octanol–water partition coefficient (Wildman–Crippen LogP) is 3.20. The van der Waals surface area contributed by atoms with Gasteiger partial charge < -0.3 is 14.6 Å². The van der Waals surface area contributed by atoms with Crippen LogP contribution in [0.15, 0.2) is 18.2 Å². The first-order valence-corrected chi connectivity index (χ1v) is 6.51. The van der Waals surface area contributed by atoms with Gasteiger partial charge in [0.2, 0.25) is 5.75 Å². The number of nitro benzene ring substituents is 1. The molecule has 1 aromatic carbocycles. The van der Waals surface area contributed by atoms with E-state index < -0.39 is 10.9 Å². The molecule has 1 N–H and O–H groups in total. The number of nitro groups is 1. The van der Waals surface area contributed by atoms with E-state index in [0.29, 0.717) is 11.3 Å². The van der Waals surface area contributed by atoms with E-state index in [2.05, 4.69) is 4.98 Å². The van der Waals surface area contributed by atoms with Crippen LogP contribution in [0.25, 0.3) is 0 Å². The second-order valence-electron chi connectivity index (χ2n) is 3.60. The SMILES string of the molecule is COc1ccc(Oc2nc(Cl)c(C(=O)O)s2)c([N+](=O)[O-])c1. The maximum atomic E-state index is 11.0. The summed E-state index contributed by atoms with van der Waals surface area (Å²) in [7, 11) is 1.37. The third-order valence-electron chi connectivity index (χ3n) is 2.32. The van der Waals surface area contributed by atoms with Gasteiger partial charge in [-0.25, -0.2) is 4.79 Å². The molecule has 1 heterocycles. The lowest BCUT2D eigenvalue weighted by atomic mass is 10.3. The van der Waals surface area contributed by atoms with Crippen LogP contribution in [0, 0.1) is 10.1 Å². The Morgan fingerprint density at radius 2 is 2.24 bits per heavy atom. The number of rotatable bonds is 5. The number of aromatic nitrogens is 1. The van der Waals surface area contributed by atoms with E-state index >= 15 is 0 Å². The van der Waals surface area contributed by atoms with E-state index in [1.807, 2.05) is 0 Å². The van der Waals surface area contributed by atoms with Gasteiger partial charge in [0.1, 0.15) is 5.75 Å². The molecule has 1 aromatic heterocycles. The van der Waals surface area contributed by atoms with Gasteiger partial charge in [0.25, 0.3) is 5.19 Å². The van der Waals surface area contributed by atoms with Crippen molar-refractivity contribution in [2.75, 3.05) is 7.11 Å². The van der Waals surface area contributed by atoms with Crippen molar-refractivity contribution in [1.82, 2.24) is 4.98 Å². The van der Waals surface area contributed by atoms with E-state index in [0.717, 1.165) is 0 Å². The third kappa shape index (κ3) is 3.20. The number of carboxylic acid groups (broad SMARTS) is 1. The molecule has 0 atom stereocenters. The first kappa shape index (κ1) is 15.0. The average molecular weight is 331 g/mol. The molecule has 0 aliphatic heterocycles. The summed E-state index contributed by atoms with van der Waals surface area (Å²) in [5.41, 5.74) is -0.336. The minimum atomic E-state index is -1.25. The Kier molecular flexibility index (Phi) is 4.24. The van der Waals surface area contributed by atoms with Crippen molar-refractivity contribution < 1.29 is 24.3 Å². The molecule has 0 spiro atoms. The van der Waals surface area contributed by atoms with Gasteiger partial charge in [-0.05, 0) is 12.1 Å². The Bertz CT molecular complexity index is 717. The number of halogens is 1. The highest BCUT2D eigenvalue weighted by Crippen LogP contribution is 2.37. The molecule has 21 heavy (non-hydrogen) atoms. The first-order valence-electron chi connectivity index (χ1n) is 5.32. The summed E-state index contributed by atoms with van der Waals surface area (Å²) in [4.78, 5) is 24.7. The van der Waals surface area contributed by atoms with E-state index in [9.17, 15) is 14.9 Å². The number of carboxylic acids is 1. The number of hydrogen-bond donors (Lipinski definition) is 1. The molecule has 0 bridgehead atoms. The number of ether oxygens (including phenoxy) is 2. The molecule has 110 valence electrons. The quantitative estimate of drug-likeness (QED) is 0.661. The van der Waals surface area contributed by atoms with Gasteiger partial charge in [0.15, 0.2) is 10.0 Å². The summed E-state index contributed by atoms with van der Waals surface area (Å²) in [6, 6.07) is 3.98. The molecule has 0 amide bonds. The fourth-order valence-electron chi connectivity index (χ4n) is 1.41. The molecule has 0 aliphatic rings. The van der Waals surface area contributed by atoms with Crippen molar-refractivity contribution in [2.24, 2.45) is 0 Å². The Balaban J connectivity index is 2.37. The number of methoxy groups -OCH3 is 1. The highest BCUT2D eigenvalue weighted by Gasteiger charge is 2.21. The summed E-state index contributed by atoms with van der Waals surface area (Å²) in [6.07, 6.45) is 0. The van der Waals surface area contributed by atoms with E-state index in [-0.39, 0.29) is 32.4 Å². The molecule has 2 rings (SSSR count). The molecule has 10 heteroatoms. The lowest BCUT2D eigenvalue weighted by Crippen LogP contribution is -1.94. The van der Waals surface area contributed by atoms with Crippen molar-refractivity contribution in [3.05, 3.63) is 38.3 Å². The minimum absolute atomic E-state index is 0.0943. The van der Waals surface area contributed by atoms with E-state index in [1.165, 1.54) is 25.3 Å². The lowest BCUT2D eigenvalue weighted by Gasteiger charge is -2.04. The standard InChI is InChI=1S/C11H7ClN2O6S/c1-19-5-2-3-7(6(4-5)14(17)18)20-11-13-9(12)8(21-11)10(15)16/h2-4H,1H3,(H,15,16). The van der Waals surface area contributed by atoms with Crippen molar-refractivity contribution >= 4 is 34.6 Å². The summed E-state index contributed by atoms with van der Waals surface area (Å²) in [6.45, 7) is 0. The number of aromatic carboxylic acids is 1. The van der Waals surface area contributed by atoms with Crippen LogP contribution in [0.2, 0.25) is 5.15 Å². The van der Waals surface area contributed by atoms with E-state index in [4.69, 9.17) is 26.2 Å². The Morgan fingerprint density at radius 1 is 1.52 bits per heavy atom. The second kappa shape index (κ2) is 5.94. The number of hydrogen-bond acceptors (Lipinski definition) is 7. The number of thiazole rings is 1. The van der Waals surface area contributed by atoms with Crippen LogP contribution >= 0.6 is 22.9 Å². The maximum Gasteiger partial charge on any atom is 0.349 e. The first-order chi connectivity index (χ1) is 9.92. The highest BCUT2D eigenvalue weighted by molar-refractivity contribution is 7.15. The number of carbonyl (C=O) groups is 1. The van der Waals surface area contributed by atoms with Crippen LogP contribution < -0.4 is 9.47 Å². The van der Waals surface area contributed by atoms with Crippen molar-refractivity contribution in [2.45, 2.75) is 0 Å². The summed E-state index contributed by atoms with van der Waals surface area (Å²) in [5.74, 6) is -1.06. The summed E-state index contributed by atoms with van der Waals surface area (Å²) >= 11 is 6.31. The molecule has 8 nitrogen and oxygen atoms in total. The minimum Gasteiger partial charge on any atom is -0.496 e. The van der Waals surface area contributed by atoms with Gasteiger partial charge in [-0.2, -0.15) is 4.98 Å². The molecular formula is C11H7ClN2O6S. The van der Waals surface area contributed by atoms with Crippen LogP contribution in [0.5, 0.6) is 16.7 Å². The molecule has 0 unspecified atom stereocenters. The Labute approximate surface area is 126 Å². The molecule has 0 radical (unpaired) electrons. The largest absolute Gasteiger partial charge is 0.496 e. The van der Waals surface area contributed by atoms with Gasteiger partial charge in [-0.3, -0.25) is 10.1 Å². The third-order valence-corrected chi connectivity index (χ3v) is 3.63. The van der Waals surface area contributed by atoms with E-state index in [1.54, 1.807) is 0 Å². The Hall–Kier alpha value is -2.39. The summed E-state index contributed by atoms with van der Waals surface area (Å²) < 4.78 is 10.1. The topological polar surface area (TPSA) is 112 Å². The molecule has 0 fully saturated rings. The lowest BCUT2D eigenvalue weighted by molar-refractivity contribution is -0.385. The van der Waals surface area contributed by atoms with Crippen molar-refractivity contribution in [3.8, 4) is 16.7 Å². The molecule has 2 aromatic rings. The molecule has 0 aliphatic carbocycles. The monoisotopic (exact) mass is 330 g/mol. The average Bonchev–Trinajstić information content (AvgIpc) is 2.80. The maximum absolute atomic E-state index is 11.0. The zero-order valence-corrected chi connectivity index (χ0v) is 12.0. The van der Waals surface area contributed by atoms with Crippen LogP contribution in [-0.4, -0.2) is 28.1 Å². The van der Waals surface area contributed by atoms with Gasteiger partial charge in [-0.15, -0.1) is 0 Å². The van der Waals surface area contributed by atoms with Crippen LogP contribution in [-0.2, 0) is 0 Å². The van der Waals surface area contributed by atoms with Gasteiger partial charge in [0.05, 0.1) is 18.1 Å². The van der Waals surface area contributed by atoms with Crippen molar-refractivity contribution in [1.29, 1.82) is 0 Å². The second-order valence-corrected chi connectivity index (χ2v) is 4.92. The highest BCUT2D eigenvalue weighted by atomic mass is 35.5. The zero-order valence-electron chi connectivity index (χ0n) is 10.4. The van der Waals surface area contributed by atoms with Crippen molar-refractivity contribution in [3.63, 3.8) is 0 Å². The fraction of sp³-hybridized carbons (Fsp3) is 0.0909. The zero-order chi connectivity index (χ0) is 15.6. The van der Waals surface area contributed by atoms with Crippen LogP contribution in [0.3, 0.4) is 0 Å². The predicted molar refractivity (Wildman–Crippen MR) is 73.8 cm³/mol.